The van der Waals surface area contributed by atoms with Crippen LogP contribution >= 0.6 is 0 Å². The van der Waals surface area contributed by atoms with Gasteiger partial charge in [0, 0.05) is 69.3 Å². The van der Waals surface area contributed by atoms with Crippen molar-refractivity contribution in [3.8, 4) is 46.0 Å². The molecule has 0 spiro atoms. The van der Waals surface area contributed by atoms with E-state index in [1.165, 1.54) is 0 Å². The van der Waals surface area contributed by atoms with Crippen molar-refractivity contribution in [2.75, 3.05) is 26.2 Å². The quantitative estimate of drug-likeness (QED) is 0.0584. The van der Waals surface area contributed by atoms with Crippen molar-refractivity contribution in [3.63, 3.8) is 0 Å². The monoisotopic (exact) mass is 1320 g/mol. The Kier molecular flexibility index (Phi) is 17.1. The largest absolute Gasteiger partial charge is 0.457 e. The summed E-state index contributed by atoms with van der Waals surface area (Å²) in [7, 11) is 0. The average Bonchev–Trinajstić information content (AvgIpc) is 0.671. The molecule has 0 aliphatic carbocycles. The number of ether oxygens (including phenoxy) is 4. The fourth-order valence-electron chi connectivity index (χ4n) is 15.0. The SMILES string of the molecule is CC(C)C(C(=O)N1CCCCC1)N1C(=O)c2cc(Oc3ccc(C(C)(C)C)cc3)c3c4c(Oc5ccc(C(C)(C)C)cc5)cc5c6c(cc(Oc7ccc(C(C)(C)C)cc7)c(c7c(Oc8ccc(C(C)(C)C)cc8)cc(c2c37)C1=O)c64)C(=O)N(C(C(=O)N1CCCCC1)C(C)C)C5=O. The molecule has 0 bridgehead atoms. The lowest BCUT2D eigenvalue weighted by Gasteiger charge is -2.40. The summed E-state index contributed by atoms with van der Waals surface area (Å²) in [5.41, 5.74) is 3.73. The second-order valence-corrected chi connectivity index (χ2v) is 32.3. The van der Waals surface area contributed by atoms with Crippen LogP contribution in [-0.2, 0) is 31.2 Å². The molecule has 0 N–H and O–H groups in total. The first-order valence-corrected chi connectivity index (χ1v) is 35.1. The van der Waals surface area contributed by atoms with Gasteiger partial charge in [-0.25, -0.2) is 0 Å². The molecule has 4 heterocycles. The Morgan fingerprint density at radius 2 is 0.531 bits per heavy atom. The van der Waals surface area contributed by atoms with E-state index in [4.69, 9.17) is 18.9 Å². The first kappa shape index (κ1) is 67.3. The van der Waals surface area contributed by atoms with Crippen molar-refractivity contribution < 1.29 is 47.7 Å². The lowest BCUT2D eigenvalue weighted by Crippen LogP contribution is -2.57. The Morgan fingerprint density at radius 3 is 0.724 bits per heavy atom. The molecule has 9 aromatic carbocycles. The predicted octanol–water partition coefficient (Wildman–Crippen LogP) is 19.4. The minimum atomic E-state index is -1.18. The molecule has 0 aromatic heterocycles. The highest BCUT2D eigenvalue weighted by Gasteiger charge is 2.48. The maximum atomic E-state index is 16.4. The van der Waals surface area contributed by atoms with Gasteiger partial charge in [0.1, 0.15) is 58.1 Å². The highest BCUT2D eigenvalue weighted by Crippen LogP contribution is 2.58. The highest BCUT2D eigenvalue weighted by molar-refractivity contribution is 6.45. The summed E-state index contributed by atoms with van der Waals surface area (Å²) < 4.78 is 29.5. The van der Waals surface area contributed by atoms with Crippen molar-refractivity contribution >= 4 is 78.5 Å². The molecule has 508 valence electrons. The molecule has 9 aromatic rings. The number of hydrogen-bond donors (Lipinski definition) is 0. The number of piperidine rings is 2. The van der Waals surface area contributed by atoms with Crippen LogP contribution in [0.3, 0.4) is 0 Å². The maximum Gasteiger partial charge on any atom is 0.262 e. The van der Waals surface area contributed by atoms with E-state index >= 15 is 28.8 Å². The number of imide groups is 2. The van der Waals surface area contributed by atoms with Gasteiger partial charge in [0.05, 0.1) is 22.3 Å². The normalized spacial score (nSPS) is 16.3. The second-order valence-electron chi connectivity index (χ2n) is 32.3. The van der Waals surface area contributed by atoms with Gasteiger partial charge in [-0.15, -0.1) is 0 Å². The van der Waals surface area contributed by atoms with Gasteiger partial charge < -0.3 is 28.7 Å². The van der Waals surface area contributed by atoms with Crippen LogP contribution in [0.2, 0.25) is 0 Å². The molecular weight excluding hydrogens is 1220 g/mol. The number of likely N-dealkylation sites (tertiary alicyclic amines) is 2. The molecule has 14 heteroatoms. The van der Waals surface area contributed by atoms with Crippen molar-refractivity contribution in [2.24, 2.45) is 11.8 Å². The third-order valence-corrected chi connectivity index (χ3v) is 20.4. The van der Waals surface area contributed by atoms with Crippen LogP contribution in [0.25, 0.3) is 43.1 Å². The van der Waals surface area contributed by atoms with E-state index in [1.54, 1.807) is 34.1 Å². The number of nitrogens with zero attached hydrogens (tertiary/aromatic N) is 4. The fraction of sp³-hybridized carbons (Fsp3) is 0.405. The van der Waals surface area contributed by atoms with Crippen LogP contribution in [0, 0.1) is 11.8 Å². The molecule has 13 rings (SSSR count). The van der Waals surface area contributed by atoms with Crippen LogP contribution in [0.1, 0.15) is 213 Å². The van der Waals surface area contributed by atoms with Gasteiger partial charge in [0.15, 0.2) is 0 Å². The number of hydrogen-bond acceptors (Lipinski definition) is 10. The Hall–Kier alpha value is -9.30. The summed E-state index contributed by atoms with van der Waals surface area (Å²) in [4.78, 5) is 102. The molecule has 2 fully saturated rings. The van der Waals surface area contributed by atoms with E-state index < -0.39 is 47.5 Å². The predicted molar refractivity (Wildman–Crippen MR) is 388 cm³/mol. The van der Waals surface area contributed by atoms with Crippen LogP contribution < -0.4 is 18.9 Å². The molecule has 2 unspecified atom stereocenters. The van der Waals surface area contributed by atoms with Crippen molar-refractivity contribution in [1.29, 1.82) is 0 Å². The zero-order valence-electron chi connectivity index (χ0n) is 59.8. The molecule has 4 aliphatic rings. The molecule has 98 heavy (non-hydrogen) atoms. The van der Waals surface area contributed by atoms with Gasteiger partial charge in [-0.3, -0.25) is 38.6 Å². The van der Waals surface area contributed by atoms with Gasteiger partial charge in [-0.2, -0.15) is 0 Å². The van der Waals surface area contributed by atoms with Crippen molar-refractivity contribution in [2.45, 2.75) is 183 Å². The summed E-state index contributed by atoms with van der Waals surface area (Å²) >= 11 is 0. The molecule has 2 saturated heterocycles. The molecule has 0 radical (unpaired) electrons. The smallest absolute Gasteiger partial charge is 0.262 e. The Labute approximate surface area is 575 Å². The average molecular weight is 1320 g/mol. The Morgan fingerprint density at radius 1 is 0.316 bits per heavy atom. The van der Waals surface area contributed by atoms with E-state index in [-0.39, 0.29) is 89.5 Å². The van der Waals surface area contributed by atoms with Crippen LogP contribution in [0.5, 0.6) is 46.0 Å². The minimum Gasteiger partial charge on any atom is -0.457 e. The zero-order valence-corrected chi connectivity index (χ0v) is 59.8. The number of benzene rings is 9. The van der Waals surface area contributed by atoms with E-state index in [1.807, 2.05) is 125 Å². The lowest BCUT2D eigenvalue weighted by molar-refractivity contribution is -0.138. The van der Waals surface area contributed by atoms with E-state index in [2.05, 4.69) is 83.1 Å². The zero-order chi connectivity index (χ0) is 70.0. The topological polar surface area (TPSA) is 152 Å². The van der Waals surface area contributed by atoms with E-state index in [0.29, 0.717) is 81.5 Å². The van der Waals surface area contributed by atoms with Crippen LogP contribution in [0.15, 0.2) is 121 Å². The molecule has 2 atom stereocenters. The van der Waals surface area contributed by atoms with Crippen molar-refractivity contribution in [3.05, 3.63) is 166 Å². The second kappa shape index (κ2) is 24.9. The van der Waals surface area contributed by atoms with Gasteiger partial charge in [0.25, 0.3) is 23.6 Å². The van der Waals surface area contributed by atoms with Crippen LogP contribution in [-0.4, -0.2) is 93.3 Å². The molecular formula is C84H92N4O10. The number of fused-ring (bicyclic) bond motifs is 2. The fourth-order valence-corrected chi connectivity index (χ4v) is 15.0. The highest BCUT2D eigenvalue weighted by atomic mass is 16.5. The van der Waals surface area contributed by atoms with Gasteiger partial charge in [-0.05, 0) is 167 Å². The number of carbonyl (C=O) groups excluding carboxylic acids is 6. The Bertz CT molecular complexity index is 4130. The number of rotatable bonds is 14. The summed E-state index contributed by atoms with van der Waals surface area (Å²) in [5, 5.41) is 2.75. The first-order valence-electron chi connectivity index (χ1n) is 35.1. The molecule has 6 amide bonds. The van der Waals surface area contributed by atoms with Gasteiger partial charge in [-0.1, -0.05) is 159 Å². The summed E-state index contributed by atoms with van der Waals surface area (Å²) in [5.74, 6) is -1.98. The molecule has 14 nitrogen and oxygen atoms in total. The van der Waals surface area contributed by atoms with E-state index in [0.717, 1.165) is 70.6 Å². The summed E-state index contributed by atoms with van der Waals surface area (Å²) in [6, 6.07) is 35.5. The standard InChI is InChI=1S/C84H92N4O10/c1-47(2)73(79(93)85-39-19-17-20-40-85)87-75(89)57-43-61(95-53-31-23-49(24-32-53)81(5,6)7)67-69-63(97-55-35-27-51(28-36-55)83(11,12)13)45-59-66-60(78(92)88(77(59)91)74(48(3)4)80(94)86-41-21-18-22-42-86)46-64(98-56-37-29-52(30-38-56)84(14,15)16)70(72(66)69)68-62(44-58(76(87)90)65(57)71(67)68)96-54-33-25-50(26-34-54)82(8,9)10/h23-38,43-48,73-74H,17-22,39-42H2,1-16H3. The van der Waals surface area contributed by atoms with Crippen LogP contribution in [0.4, 0.5) is 0 Å². The third-order valence-electron chi connectivity index (χ3n) is 20.4. The lowest BCUT2D eigenvalue weighted by atomic mass is 9.80. The Balaban J connectivity index is 1.22. The number of carbonyl (C=O) groups is 6. The minimum absolute atomic E-state index is 0.104. The van der Waals surface area contributed by atoms with Gasteiger partial charge in [0.2, 0.25) is 11.8 Å². The summed E-state index contributed by atoms with van der Waals surface area (Å²) in [6.45, 7) is 35.1. The number of amides is 6. The summed E-state index contributed by atoms with van der Waals surface area (Å²) in [6.07, 6.45) is 5.15. The van der Waals surface area contributed by atoms with Crippen molar-refractivity contribution in [1.82, 2.24) is 19.6 Å². The maximum absolute atomic E-state index is 16.4. The van der Waals surface area contributed by atoms with E-state index in [9.17, 15) is 0 Å². The molecule has 4 aliphatic heterocycles. The van der Waals surface area contributed by atoms with Gasteiger partial charge >= 0.3 is 0 Å². The molecule has 0 saturated carbocycles. The third kappa shape index (κ3) is 12.0. The first-order chi connectivity index (χ1) is 46.3.